The number of halogens is 3. The maximum absolute atomic E-state index is 13.4. The predicted molar refractivity (Wildman–Crippen MR) is 138 cm³/mol. The fourth-order valence-corrected chi connectivity index (χ4v) is 4.56. The molecule has 0 unspecified atom stereocenters. The number of likely N-dealkylation sites (N-methyl/N-ethyl adjacent to an activating group) is 1. The van der Waals surface area contributed by atoms with Gasteiger partial charge in [0.2, 0.25) is 0 Å². The molecule has 0 bridgehead atoms. The van der Waals surface area contributed by atoms with Crippen molar-refractivity contribution >= 4 is 34.8 Å². The van der Waals surface area contributed by atoms with Crippen LogP contribution < -0.4 is 4.74 Å². The first-order valence-corrected chi connectivity index (χ1v) is 12.7. The second kappa shape index (κ2) is 12.2. The first-order chi connectivity index (χ1) is 18.6. The first kappa shape index (κ1) is 27.9. The molecule has 0 aliphatic carbocycles. The van der Waals surface area contributed by atoms with E-state index < -0.39 is 24.8 Å². The van der Waals surface area contributed by atoms with E-state index in [0.717, 1.165) is 0 Å². The number of hydrogen-bond donors (Lipinski definition) is 0. The Labute approximate surface area is 226 Å². The average Bonchev–Trinajstić information content (AvgIpc) is 3.29. The van der Waals surface area contributed by atoms with Gasteiger partial charge in [-0.25, -0.2) is 24.1 Å². The molecule has 0 N–H and O–H groups in total. The Morgan fingerprint density at radius 2 is 1.82 bits per heavy atom. The molecule has 1 aromatic carbocycles. The molecule has 3 heterocycles. The van der Waals surface area contributed by atoms with E-state index in [0.29, 0.717) is 27.4 Å². The molecule has 9 nitrogen and oxygen atoms in total. The van der Waals surface area contributed by atoms with E-state index in [1.54, 1.807) is 50.4 Å². The van der Waals surface area contributed by atoms with Gasteiger partial charge in [-0.3, -0.25) is 4.98 Å². The Balaban J connectivity index is 1.47. The van der Waals surface area contributed by atoms with Gasteiger partial charge in [-0.05, 0) is 37.3 Å². The van der Waals surface area contributed by atoms with Gasteiger partial charge in [0.25, 0.3) is 0 Å². The Kier molecular flexibility index (Phi) is 8.69. The summed E-state index contributed by atoms with van der Waals surface area (Å²) in [5.41, 5.74) is 2.31. The number of para-hydroxylation sites is 2. The number of rotatable bonds is 9. The van der Waals surface area contributed by atoms with E-state index in [4.69, 9.17) is 9.47 Å². The quantitative estimate of drug-likeness (QED) is 0.206. The lowest BCUT2D eigenvalue weighted by molar-refractivity contribution is -0.153. The molecule has 0 saturated heterocycles. The van der Waals surface area contributed by atoms with Gasteiger partial charge in [0.1, 0.15) is 18.1 Å². The van der Waals surface area contributed by atoms with Crippen molar-refractivity contribution in [3.05, 3.63) is 77.9 Å². The molecule has 1 amide bonds. The fourth-order valence-electron chi connectivity index (χ4n) is 3.54. The standard InChI is InChI=1S/C26H24F3N5O4S/c1-17-20(31-12-10-22(17)38-16-26(27,28)29)15-39-24-32-18-7-3-4-9-21(18)34(24)25(36)33(2)13-14-37-23(35)19-8-5-6-11-30-19/h3-12H,13-16H2,1-2H3. The van der Waals surface area contributed by atoms with E-state index >= 15 is 0 Å². The first-order valence-electron chi connectivity index (χ1n) is 11.7. The van der Waals surface area contributed by atoms with Crippen LogP contribution in [0, 0.1) is 6.92 Å². The Hall–Kier alpha value is -4.13. The van der Waals surface area contributed by atoms with Crippen molar-refractivity contribution in [3.63, 3.8) is 0 Å². The van der Waals surface area contributed by atoms with Gasteiger partial charge in [0, 0.05) is 30.8 Å². The minimum absolute atomic E-state index is 0.0411. The summed E-state index contributed by atoms with van der Waals surface area (Å²) in [6.07, 6.45) is -1.60. The molecular formula is C26H24F3N5O4S. The number of esters is 1. The smallest absolute Gasteiger partial charge is 0.422 e. The summed E-state index contributed by atoms with van der Waals surface area (Å²) >= 11 is 1.21. The lowest BCUT2D eigenvalue weighted by atomic mass is 10.2. The number of hydrogen-bond acceptors (Lipinski definition) is 8. The van der Waals surface area contributed by atoms with Crippen LogP contribution in [0.1, 0.15) is 21.7 Å². The van der Waals surface area contributed by atoms with E-state index in [-0.39, 0.29) is 30.3 Å². The third-order valence-corrected chi connectivity index (χ3v) is 6.52. The molecule has 0 aliphatic rings. The van der Waals surface area contributed by atoms with Crippen LogP contribution in [-0.2, 0) is 10.5 Å². The number of carbonyl (C=O) groups is 2. The summed E-state index contributed by atoms with van der Waals surface area (Å²) in [4.78, 5) is 39.8. The maximum Gasteiger partial charge on any atom is 0.422 e. The molecule has 0 spiro atoms. The number of amides is 1. The number of imidazole rings is 1. The molecule has 4 aromatic rings. The van der Waals surface area contributed by atoms with Gasteiger partial charge in [-0.2, -0.15) is 13.2 Å². The number of benzene rings is 1. The highest BCUT2D eigenvalue weighted by atomic mass is 32.2. The molecule has 204 valence electrons. The van der Waals surface area contributed by atoms with Crippen LogP contribution in [0.4, 0.5) is 18.0 Å². The van der Waals surface area contributed by atoms with Gasteiger partial charge in [0.05, 0.1) is 23.3 Å². The van der Waals surface area contributed by atoms with Gasteiger partial charge >= 0.3 is 18.2 Å². The van der Waals surface area contributed by atoms with Crippen LogP contribution in [0.15, 0.2) is 66.1 Å². The predicted octanol–water partition coefficient (Wildman–Crippen LogP) is 5.13. The Bertz CT molecular complexity index is 1460. The molecule has 0 fully saturated rings. The number of pyridine rings is 2. The van der Waals surface area contributed by atoms with Crippen LogP contribution in [-0.4, -0.2) is 69.4 Å². The van der Waals surface area contributed by atoms with E-state index in [9.17, 15) is 22.8 Å². The van der Waals surface area contributed by atoms with Crippen molar-refractivity contribution in [1.82, 2.24) is 24.4 Å². The van der Waals surface area contributed by atoms with Crippen LogP contribution in [0.25, 0.3) is 11.0 Å². The van der Waals surface area contributed by atoms with E-state index in [2.05, 4.69) is 15.0 Å². The van der Waals surface area contributed by atoms with Crippen molar-refractivity contribution in [2.45, 2.75) is 24.0 Å². The summed E-state index contributed by atoms with van der Waals surface area (Å²) in [5, 5.41) is 0.376. The van der Waals surface area contributed by atoms with Gasteiger partial charge in [0.15, 0.2) is 11.8 Å². The highest BCUT2D eigenvalue weighted by Gasteiger charge is 2.29. The Morgan fingerprint density at radius 3 is 2.56 bits per heavy atom. The molecular weight excluding hydrogens is 535 g/mol. The van der Waals surface area contributed by atoms with Crippen LogP contribution in [0.2, 0.25) is 0 Å². The van der Waals surface area contributed by atoms with Crippen molar-refractivity contribution in [3.8, 4) is 5.75 Å². The molecule has 39 heavy (non-hydrogen) atoms. The number of carbonyl (C=O) groups excluding carboxylic acids is 2. The maximum atomic E-state index is 13.4. The zero-order valence-corrected chi connectivity index (χ0v) is 21.8. The van der Waals surface area contributed by atoms with Crippen molar-refractivity contribution < 1.29 is 32.2 Å². The van der Waals surface area contributed by atoms with Crippen molar-refractivity contribution in [1.29, 1.82) is 0 Å². The third-order valence-electron chi connectivity index (χ3n) is 5.57. The summed E-state index contributed by atoms with van der Waals surface area (Å²) < 4.78 is 49.4. The second-order valence-electron chi connectivity index (χ2n) is 8.35. The Morgan fingerprint density at radius 1 is 1.05 bits per heavy atom. The zero-order valence-electron chi connectivity index (χ0n) is 21.0. The van der Waals surface area contributed by atoms with Gasteiger partial charge in [-0.15, -0.1) is 0 Å². The van der Waals surface area contributed by atoms with Gasteiger partial charge in [-0.1, -0.05) is 30.0 Å². The highest BCUT2D eigenvalue weighted by Crippen LogP contribution is 2.30. The average molecular weight is 560 g/mol. The topological polar surface area (TPSA) is 99.4 Å². The largest absolute Gasteiger partial charge is 0.484 e. The summed E-state index contributed by atoms with van der Waals surface area (Å²) in [5.74, 6) is -0.274. The number of nitrogens with zero attached hydrogens (tertiary/aromatic N) is 5. The normalized spacial score (nSPS) is 11.4. The summed E-state index contributed by atoms with van der Waals surface area (Å²) in [7, 11) is 1.58. The summed E-state index contributed by atoms with van der Waals surface area (Å²) in [6.45, 7) is 0.300. The molecule has 0 aliphatic heterocycles. The second-order valence-corrected chi connectivity index (χ2v) is 9.29. The lowest BCUT2D eigenvalue weighted by Gasteiger charge is -2.19. The van der Waals surface area contributed by atoms with Gasteiger partial charge < -0.3 is 14.4 Å². The number of fused-ring (bicyclic) bond motifs is 1. The zero-order chi connectivity index (χ0) is 28.0. The molecule has 0 atom stereocenters. The fraction of sp³-hybridized carbons (Fsp3) is 0.269. The van der Waals surface area contributed by atoms with Crippen molar-refractivity contribution in [2.24, 2.45) is 0 Å². The molecule has 3 aromatic heterocycles. The number of thioether (sulfide) groups is 1. The number of ether oxygens (including phenoxy) is 2. The van der Waals surface area contributed by atoms with Crippen LogP contribution in [0.3, 0.4) is 0 Å². The van der Waals surface area contributed by atoms with E-state index in [1.165, 1.54) is 45.8 Å². The SMILES string of the molecule is Cc1c(OCC(F)(F)F)ccnc1CSc1nc2ccccc2n1C(=O)N(C)CCOC(=O)c1ccccn1. The minimum atomic E-state index is -4.46. The highest BCUT2D eigenvalue weighted by molar-refractivity contribution is 7.98. The number of alkyl halides is 3. The molecule has 0 radical (unpaired) electrons. The van der Waals surface area contributed by atoms with Crippen LogP contribution >= 0.6 is 11.8 Å². The molecule has 13 heteroatoms. The molecule has 4 rings (SSSR count). The third kappa shape index (κ3) is 7.05. The van der Waals surface area contributed by atoms with Crippen molar-refractivity contribution in [2.75, 3.05) is 26.8 Å². The summed E-state index contributed by atoms with van der Waals surface area (Å²) in [6, 6.07) is 13.0. The van der Waals surface area contributed by atoms with E-state index in [1.807, 2.05) is 0 Å². The lowest BCUT2D eigenvalue weighted by Crippen LogP contribution is -2.34. The number of aromatic nitrogens is 4. The van der Waals surface area contributed by atoms with Crippen LogP contribution in [0.5, 0.6) is 5.75 Å². The monoisotopic (exact) mass is 559 g/mol. The molecule has 0 saturated carbocycles. The minimum Gasteiger partial charge on any atom is -0.484 e.